The van der Waals surface area contributed by atoms with Crippen LogP contribution in [0.1, 0.15) is 32.0 Å². The summed E-state index contributed by atoms with van der Waals surface area (Å²) in [6, 6.07) is 8.21. The van der Waals surface area contributed by atoms with Gasteiger partial charge < -0.3 is 4.74 Å². The fraction of sp³-hybridized carbons (Fsp3) is 0.333. The van der Waals surface area contributed by atoms with E-state index in [-0.39, 0.29) is 11.9 Å². The van der Waals surface area contributed by atoms with Crippen LogP contribution >= 0.6 is 15.9 Å². The van der Waals surface area contributed by atoms with Gasteiger partial charge in [0, 0.05) is 5.56 Å². The van der Waals surface area contributed by atoms with E-state index in [1.165, 1.54) is 12.1 Å². The van der Waals surface area contributed by atoms with Gasteiger partial charge in [0.25, 0.3) is 0 Å². The zero-order valence-electron chi connectivity index (χ0n) is 13.8. The predicted octanol–water partition coefficient (Wildman–Crippen LogP) is 4.90. The summed E-state index contributed by atoms with van der Waals surface area (Å²) in [7, 11) is 0. The Labute approximate surface area is 148 Å². The first-order chi connectivity index (χ1) is 11.2. The lowest BCUT2D eigenvalue weighted by Crippen LogP contribution is -2.33. The van der Waals surface area contributed by atoms with Gasteiger partial charge in [-0.1, -0.05) is 12.1 Å². The molecule has 0 unspecified atom stereocenters. The van der Waals surface area contributed by atoms with Crippen molar-refractivity contribution < 1.29 is 13.9 Å². The zero-order chi connectivity index (χ0) is 17.5. The number of benzene rings is 1. The molecule has 3 rings (SSSR count). The number of hydrogen-bond donors (Lipinski definition) is 0. The van der Waals surface area contributed by atoms with E-state index in [9.17, 15) is 9.18 Å². The first-order valence-corrected chi connectivity index (χ1v) is 8.44. The Kier molecular flexibility index (Phi) is 4.34. The van der Waals surface area contributed by atoms with Gasteiger partial charge >= 0.3 is 6.09 Å². The number of nitrogens with zero attached hydrogens (tertiary/aromatic N) is 2. The second-order valence-corrected chi connectivity index (χ2v) is 7.57. The van der Waals surface area contributed by atoms with Crippen LogP contribution < -0.4 is 0 Å². The number of rotatable bonds is 1. The third kappa shape index (κ3) is 3.59. The molecule has 0 fully saturated rings. The summed E-state index contributed by atoms with van der Waals surface area (Å²) >= 11 is 3.41. The predicted molar refractivity (Wildman–Crippen MR) is 92.8 cm³/mol. The average molecular weight is 393 g/mol. The molecule has 2 heterocycles. The van der Waals surface area contributed by atoms with Crippen molar-refractivity contribution in [2.45, 2.75) is 39.5 Å². The van der Waals surface area contributed by atoms with Crippen LogP contribution in [0.5, 0.6) is 0 Å². The smallest absolute Gasteiger partial charge is 0.410 e. The van der Waals surface area contributed by atoms with Gasteiger partial charge in [0.2, 0.25) is 0 Å². The van der Waals surface area contributed by atoms with Gasteiger partial charge in [-0.3, -0.25) is 4.90 Å². The highest BCUT2D eigenvalue weighted by atomic mass is 79.9. The standard InChI is InChI=1S/C18H18BrFN2O2/c1-18(2,3)24-17(23)22-9-14-13(8-16(19)21-15(14)10-22)11-4-6-12(20)7-5-11/h4-8H,9-10H2,1-3H3. The van der Waals surface area contributed by atoms with E-state index in [1.54, 1.807) is 17.0 Å². The van der Waals surface area contributed by atoms with Crippen molar-refractivity contribution in [2.24, 2.45) is 0 Å². The number of amides is 1. The molecule has 0 atom stereocenters. The van der Waals surface area contributed by atoms with E-state index in [0.717, 1.165) is 22.4 Å². The Morgan fingerprint density at radius 2 is 1.92 bits per heavy atom. The lowest BCUT2D eigenvalue weighted by molar-refractivity contribution is 0.0241. The topological polar surface area (TPSA) is 42.4 Å². The summed E-state index contributed by atoms with van der Waals surface area (Å²) in [5.74, 6) is -0.279. The van der Waals surface area contributed by atoms with E-state index in [4.69, 9.17) is 4.74 Å². The van der Waals surface area contributed by atoms with Crippen LogP contribution in [0, 0.1) is 5.82 Å². The number of ether oxygens (including phenoxy) is 1. The second-order valence-electron chi connectivity index (χ2n) is 6.76. The molecule has 0 spiro atoms. The van der Waals surface area contributed by atoms with Crippen LogP contribution in [0.3, 0.4) is 0 Å². The van der Waals surface area contributed by atoms with Gasteiger partial charge in [0.05, 0.1) is 18.8 Å². The first kappa shape index (κ1) is 16.9. The third-order valence-electron chi connectivity index (χ3n) is 3.68. The van der Waals surface area contributed by atoms with Crippen molar-refractivity contribution in [1.82, 2.24) is 9.88 Å². The van der Waals surface area contributed by atoms with E-state index >= 15 is 0 Å². The van der Waals surface area contributed by atoms with Crippen molar-refractivity contribution in [2.75, 3.05) is 0 Å². The van der Waals surface area contributed by atoms with Crippen molar-refractivity contribution in [3.8, 4) is 11.1 Å². The molecule has 1 aliphatic rings. The maximum Gasteiger partial charge on any atom is 0.410 e. The van der Waals surface area contributed by atoms with Gasteiger partial charge in [0.15, 0.2) is 0 Å². The molecule has 0 saturated carbocycles. The fourth-order valence-corrected chi connectivity index (χ4v) is 3.11. The SMILES string of the molecule is CC(C)(C)OC(=O)N1Cc2nc(Br)cc(-c3ccc(F)cc3)c2C1. The maximum atomic E-state index is 13.2. The number of halogens is 2. The quantitative estimate of drug-likeness (QED) is 0.648. The zero-order valence-corrected chi connectivity index (χ0v) is 15.4. The molecule has 2 aromatic rings. The number of fused-ring (bicyclic) bond motifs is 1. The van der Waals surface area contributed by atoms with E-state index in [2.05, 4.69) is 20.9 Å². The minimum atomic E-state index is -0.542. The minimum absolute atomic E-state index is 0.279. The number of carbonyl (C=O) groups excluding carboxylic acids is 1. The average Bonchev–Trinajstić information content (AvgIpc) is 2.89. The molecule has 4 nitrogen and oxygen atoms in total. The van der Waals surface area contributed by atoms with Crippen molar-refractivity contribution in [3.05, 3.63) is 52.0 Å². The van der Waals surface area contributed by atoms with Crippen LogP contribution in [0.15, 0.2) is 34.9 Å². The molecule has 0 N–H and O–H groups in total. The monoisotopic (exact) mass is 392 g/mol. The molecule has 0 saturated heterocycles. The molecule has 24 heavy (non-hydrogen) atoms. The fourth-order valence-electron chi connectivity index (χ4n) is 2.67. The molecule has 0 bridgehead atoms. The molecular weight excluding hydrogens is 375 g/mol. The second kappa shape index (κ2) is 6.16. The number of pyridine rings is 1. The maximum absolute atomic E-state index is 13.2. The van der Waals surface area contributed by atoms with E-state index in [0.29, 0.717) is 17.7 Å². The van der Waals surface area contributed by atoms with Gasteiger partial charge in [-0.15, -0.1) is 0 Å². The van der Waals surface area contributed by atoms with Crippen LogP contribution in [-0.4, -0.2) is 21.6 Å². The van der Waals surface area contributed by atoms with Gasteiger partial charge in [-0.25, -0.2) is 14.2 Å². The summed E-state index contributed by atoms with van der Waals surface area (Å²) in [4.78, 5) is 18.4. The van der Waals surface area contributed by atoms with E-state index in [1.807, 2.05) is 26.8 Å². The molecule has 0 aliphatic carbocycles. The van der Waals surface area contributed by atoms with Crippen LogP contribution in [-0.2, 0) is 17.8 Å². The summed E-state index contributed by atoms with van der Waals surface area (Å²) in [5, 5.41) is 0. The molecule has 1 aromatic carbocycles. The van der Waals surface area contributed by atoms with Crippen LogP contribution in [0.4, 0.5) is 9.18 Å². The largest absolute Gasteiger partial charge is 0.444 e. The summed E-state index contributed by atoms with van der Waals surface area (Å²) in [6.07, 6.45) is -0.360. The summed E-state index contributed by atoms with van der Waals surface area (Å²) in [6.45, 7) is 6.35. The summed E-state index contributed by atoms with van der Waals surface area (Å²) < 4.78 is 19.3. The van der Waals surface area contributed by atoms with Crippen LogP contribution in [0.25, 0.3) is 11.1 Å². The highest BCUT2D eigenvalue weighted by Crippen LogP contribution is 2.34. The summed E-state index contributed by atoms with van der Waals surface area (Å²) in [5.41, 5.74) is 3.09. The van der Waals surface area contributed by atoms with Crippen molar-refractivity contribution >= 4 is 22.0 Å². The number of hydrogen-bond acceptors (Lipinski definition) is 3. The number of aromatic nitrogens is 1. The van der Waals surface area contributed by atoms with Gasteiger partial charge in [0.1, 0.15) is 16.0 Å². The van der Waals surface area contributed by atoms with E-state index < -0.39 is 5.60 Å². The highest BCUT2D eigenvalue weighted by Gasteiger charge is 2.30. The molecule has 1 aliphatic heterocycles. The highest BCUT2D eigenvalue weighted by molar-refractivity contribution is 9.10. The molecule has 126 valence electrons. The lowest BCUT2D eigenvalue weighted by Gasteiger charge is -2.24. The normalized spacial score (nSPS) is 13.8. The Morgan fingerprint density at radius 1 is 1.25 bits per heavy atom. The molecule has 6 heteroatoms. The molecular formula is C18H18BrFN2O2. The Bertz CT molecular complexity index is 785. The minimum Gasteiger partial charge on any atom is -0.444 e. The van der Waals surface area contributed by atoms with Crippen molar-refractivity contribution in [3.63, 3.8) is 0 Å². The van der Waals surface area contributed by atoms with Crippen LogP contribution in [0.2, 0.25) is 0 Å². The molecule has 1 aromatic heterocycles. The Hall–Kier alpha value is -1.95. The Balaban J connectivity index is 1.93. The van der Waals surface area contributed by atoms with Gasteiger partial charge in [-0.2, -0.15) is 0 Å². The lowest BCUT2D eigenvalue weighted by atomic mass is 10.0. The Morgan fingerprint density at radius 3 is 2.54 bits per heavy atom. The molecule has 0 radical (unpaired) electrons. The molecule has 1 amide bonds. The first-order valence-electron chi connectivity index (χ1n) is 7.65. The number of carbonyl (C=O) groups is 1. The van der Waals surface area contributed by atoms with Crippen molar-refractivity contribution in [1.29, 1.82) is 0 Å². The van der Waals surface area contributed by atoms with Gasteiger partial charge in [-0.05, 0) is 66.0 Å². The third-order valence-corrected chi connectivity index (χ3v) is 4.08.